The molecule has 2 aromatic carbocycles. The van der Waals surface area contributed by atoms with Crippen LogP contribution >= 0.6 is 11.3 Å². The maximum atomic E-state index is 14.4. The monoisotopic (exact) mass is 623 g/mol. The summed E-state index contributed by atoms with van der Waals surface area (Å²) >= 11 is 1.11. The molecule has 0 radical (unpaired) electrons. The van der Waals surface area contributed by atoms with Gasteiger partial charge in [0.15, 0.2) is 0 Å². The van der Waals surface area contributed by atoms with Crippen LogP contribution in [0.4, 0.5) is 4.39 Å². The van der Waals surface area contributed by atoms with Crippen LogP contribution < -0.4 is 16.0 Å². The summed E-state index contributed by atoms with van der Waals surface area (Å²) in [7, 11) is 1.42. The highest BCUT2D eigenvalue weighted by molar-refractivity contribution is 7.21. The van der Waals surface area contributed by atoms with Crippen LogP contribution in [0.1, 0.15) is 35.8 Å². The Hall–Kier alpha value is -4.66. The minimum atomic E-state index is -1.29. The molecule has 44 heavy (non-hydrogen) atoms. The fraction of sp³-hybridized carbons (Fsp3) is 0.300. The molecule has 5 rings (SSSR count). The molecule has 0 bridgehead atoms. The zero-order valence-corrected chi connectivity index (χ0v) is 25.0. The number of aliphatic hydroxyl groups excluding tert-OH is 1. The number of hydrogen-bond donors (Lipinski definition) is 1. The number of hydrogen-bond acceptors (Lipinski definition) is 10. The van der Waals surface area contributed by atoms with E-state index in [0.717, 1.165) is 21.5 Å². The van der Waals surface area contributed by atoms with Crippen LogP contribution in [-0.2, 0) is 27.4 Å². The number of ether oxygens (including phenoxy) is 3. The second kappa shape index (κ2) is 13.3. The van der Waals surface area contributed by atoms with Crippen LogP contribution in [0.15, 0.2) is 70.5 Å². The molecule has 1 N–H and O–H groups in total. The van der Waals surface area contributed by atoms with Crippen molar-refractivity contribution in [3.63, 3.8) is 0 Å². The Balaban J connectivity index is 1.67. The summed E-state index contributed by atoms with van der Waals surface area (Å²) in [5.41, 5.74) is 0.0341. The van der Waals surface area contributed by atoms with Crippen LogP contribution in [0.5, 0.6) is 5.75 Å². The lowest BCUT2D eigenvalue weighted by Gasteiger charge is -2.23. The molecule has 0 saturated carbocycles. The Kier molecular flexibility index (Phi) is 9.32. The van der Waals surface area contributed by atoms with Gasteiger partial charge in [-0.2, -0.15) is 10.2 Å². The molecule has 0 aliphatic carbocycles. The Bertz CT molecular complexity index is 1890. The zero-order chi connectivity index (χ0) is 31.4. The quantitative estimate of drug-likeness (QED) is 0.207. The largest absolute Gasteiger partial charge is 0.496 e. The Labute approximate surface area is 254 Å². The standard InChI is InChI=1S/C30H30FN5O7S/c1-18-25-26(38)35(19(2)29(39)43-17-20-7-5-4-6-8-20)30(40)34(28(25)44-27(18)36-32-11-12-33-36)16-24(42-14-13-37)22-15-21(31)9-10-23(22)41-3/h4-12,15,19,24,37H,13-14,16-17H2,1-3H3/t19?,24-/m1/s1. The minimum Gasteiger partial charge on any atom is -0.496 e. The molecule has 14 heteroatoms. The lowest BCUT2D eigenvalue weighted by Crippen LogP contribution is -2.44. The molecule has 3 aromatic heterocycles. The van der Waals surface area contributed by atoms with Gasteiger partial charge in [-0.05, 0) is 37.6 Å². The van der Waals surface area contributed by atoms with Crippen LogP contribution in [0, 0.1) is 12.7 Å². The molecule has 3 heterocycles. The molecule has 0 aliphatic heterocycles. The summed E-state index contributed by atoms with van der Waals surface area (Å²) in [5, 5.41) is 18.5. The first kappa shape index (κ1) is 30.8. The maximum absolute atomic E-state index is 14.4. The number of aliphatic hydroxyl groups is 1. The normalized spacial score (nSPS) is 12.8. The lowest BCUT2D eigenvalue weighted by atomic mass is 10.1. The smallest absolute Gasteiger partial charge is 0.333 e. The van der Waals surface area contributed by atoms with Crippen molar-refractivity contribution in [3.05, 3.63) is 104 Å². The molecule has 230 valence electrons. The van der Waals surface area contributed by atoms with E-state index in [0.29, 0.717) is 16.3 Å². The molecule has 0 fully saturated rings. The van der Waals surface area contributed by atoms with Gasteiger partial charge < -0.3 is 19.3 Å². The molecule has 5 aromatic rings. The van der Waals surface area contributed by atoms with Crippen molar-refractivity contribution in [2.24, 2.45) is 0 Å². The summed E-state index contributed by atoms with van der Waals surface area (Å²) in [6, 6.07) is 11.6. The van der Waals surface area contributed by atoms with Gasteiger partial charge in [-0.1, -0.05) is 41.7 Å². The van der Waals surface area contributed by atoms with Gasteiger partial charge >= 0.3 is 11.7 Å². The number of aryl methyl sites for hydroxylation is 1. The van der Waals surface area contributed by atoms with Crippen molar-refractivity contribution in [1.82, 2.24) is 24.1 Å². The number of carbonyl (C=O) groups excluding carboxylic acids is 1. The summed E-state index contributed by atoms with van der Waals surface area (Å²) in [5.74, 6) is -1.04. The van der Waals surface area contributed by atoms with Crippen LogP contribution in [0.25, 0.3) is 15.2 Å². The number of nitrogens with zero attached hydrogens (tertiary/aromatic N) is 5. The van der Waals surface area contributed by atoms with E-state index in [9.17, 15) is 23.9 Å². The lowest BCUT2D eigenvalue weighted by molar-refractivity contribution is -0.148. The van der Waals surface area contributed by atoms with Gasteiger partial charge in [-0.3, -0.25) is 9.36 Å². The molecule has 0 saturated heterocycles. The van der Waals surface area contributed by atoms with Gasteiger partial charge in [0.05, 0.1) is 44.6 Å². The summed E-state index contributed by atoms with van der Waals surface area (Å²) in [6.07, 6.45) is 1.97. The van der Waals surface area contributed by atoms with Gasteiger partial charge in [-0.15, -0.1) is 4.80 Å². The predicted molar refractivity (Wildman–Crippen MR) is 160 cm³/mol. The van der Waals surface area contributed by atoms with Crippen molar-refractivity contribution in [3.8, 4) is 10.8 Å². The average molecular weight is 624 g/mol. The van der Waals surface area contributed by atoms with Crippen molar-refractivity contribution >= 4 is 27.5 Å². The van der Waals surface area contributed by atoms with Crippen molar-refractivity contribution < 1.29 is 28.5 Å². The number of carbonyl (C=O) groups is 1. The van der Waals surface area contributed by atoms with Gasteiger partial charge in [0.1, 0.15) is 40.2 Å². The third-order valence-electron chi connectivity index (χ3n) is 7.07. The number of esters is 1. The zero-order valence-electron chi connectivity index (χ0n) is 24.2. The highest BCUT2D eigenvalue weighted by Gasteiger charge is 2.29. The number of thiophene rings is 1. The molecular formula is C30H30FN5O7S. The third kappa shape index (κ3) is 6.04. The fourth-order valence-corrected chi connectivity index (χ4v) is 6.10. The number of methoxy groups -OCH3 is 1. The van der Waals surface area contributed by atoms with Crippen LogP contribution in [-0.4, -0.2) is 55.5 Å². The van der Waals surface area contributed by atoms with E-state index >= 15 is 0 Å². The topological polar surface area (TPSA) is 140 Å². The molecule has 1 unspecified atom stereocenters. The Morgan fingerprint density at radius 1 is 1.11 bits per heavy atom. The molecule has 12 nitrogen and oxygen atoms in total. The Morgan fingerprint density at radius 3 is 2.52 bits per heavy atom. The molecule has 0 aliphatic rings. The van der Waals surface area contributed by atoms with E-state index < -0.39 is 35.2 Å². The van der Waals surface area contributed by atoms with E-state index in [1.54, 1.807) is 31.2 Å². The Morgan fingerprint density at radius 2 is 1.84 bits per heavy atom. The average Bonchev–Trinajstić information content (AvgIpc) is 3.68. The third-order valence-corrected chi connectivity index (χ3v) is 8.35. The minimum absolute atomic E-state index is 0.0434. The predicted octanol–water partition coefficient (Wildman–Crippen LogP) is 3.32. The second-order valence-electron chi connectivity index (χ2n) is 9.84. The van der Waals surface area contributed by atoms with E-state index in [1.165, 1.54) is 54.0 Å². The summed E-state index contributed by atoms with van der Waals surface area (Å²) in [6.45, 7) is 2.39. The number of halogens is 1. The molecule has 2 atom stereocenters. The first-order chi connectivity index (χ1) is 21.2. The maximum Gasteiger partial charge on any atom is 0.333 e. The van der Waals surface area contributed by atoms with Crippen LogP contribution in [0.3, 0.4) is 0 Å². The van der Waals surface area contributed by atoms with Gasteiger partial charge in [0, 0.05) is 11.1 Å². The van der Waals surface area contributed by atoms with E-state index in [1.807, 2.05) is 6.07 Å². The number of fused-ring (bicyclic) bond motifs is 1. The highest BCUT2D eigenvalue weighted by Crippen LogP contribution is 2.34. The van der Waals surface area contributed by atoms with Gasteiger partial charge in [0.2, 0.25) is 0 Å². The van der Waals surface area contributed by atoms with Crippen molar-refractivity contribution in [2.75, 3.05) is 20.3 Å². The molecular weight excluding hydrogens is 593 g/mol. The van der Waals surface area contributed by atoms with E-state index in [2.05, 4.69) is 10.2 Å². The van der Waals surface area contributed by atoms with Crippen molar-refractivity contribution in [2.45, 2.75) is 39.1 Å². The van der Waals surface area contributed by atoms with Gasteiger partial charge in [0.25, 0.3) is 5.56 Å². The summed E-state index contributed by atoms with van der Waals surface area (Å²) < 4.78 is 33.4. The molecule has 0 amide bonds. The number of aromatic nitrogens is 5. The SMILES string of the molecule is COc1ccc(F)cc1[C@@H](Cn1c(=O)n(C(C)C(=O)OCc2ccccc2)c(=O)c2c(C)c(-n3nccn3)sc21)OCCO. The number of rotatable bonds is 12. The first-order valence-electron chi connectivity index (χ1n) is 13.7. The molecule has 0 spiro atoms. The fourth-order valence-electron chi connectivity index (χ4n) is 4.88. The van der Waals surface area contributed by atoms with Crippen LogP contribution in [0.2, 0.25) is 0 Å². The van der Waals surface area contributed by atoms with E-state index in [4.69, 9.17) is 14.2 Å². The highest BCUT2D eigenvalue weighted by atomic mass is 32.1. The first-order valence-corrected chi connectivity index (χ1v) is 14.5. The van der Waals surface area contributed by atoms with E-state index in [-0.39, 0.29) is 42.1 Å². The summed E-state index contributed by atoms with van der Waals surface area (Å²) in [4.78, 5) is 42.9. The second-order valence-corrected chi connectivity index (χ2v) is 10.8. The van der Waals surface area contributed by atoms with Crippen molar-refractivity contribution in [1.29, 1.82) is 0 Å². The number of benzene rings is 2. The van der Waals surface area contributed by atoms with Gasteiger partial charge in [-0.25, -0.2) is 18.5 Å².